The summed E-state index contributed by atoms with van der Waals surface area (Å²) in [5.74, 6) is 1.18. The van der Waals surface area contributed by atoms with Crippen LogP contribution in [-0.2, 0) is 0 Å². The van der Waals surface area contributed by atoms with E-state index in [1.54, 1.807) is 5.57 Å². The van der Waals surface area contributed by atoms with Gasteiger partial charge >= 0.3 is 0 Å². The minimum atomic E-state index is 0.0834. The van der Waals surface area contributed by atoms with Crippen molar-refractivity contribution in [3.05, 3.63) is 23.8 Å². The molecule has 0 spiro atoms. The molecule has 1 heteroatoms. The van der Waals surface area contributed by atoms with Crippen LogP contribution in [0, 0.1) is 22.7 Å². The number of rotatable bonds is 5. The second-order valence-corrected chi connectivity index (χ2v) is 8.28. The predicted molar refractivity (Wildman–Crippen MR) is 91.2 cm³/mol. The van der Waals surface area contributed by atoms with Crippen molar-refractivity contribution in [2.45, 2.75) is 72.6 Å². The summed E-state index contributed by atoms with van der Waals surface area (Å²) < 4.78 is 0. The molecular formula is C20H34O. The molecule has 21 heavy (non-hydrogen) atoms. The van der Waals surface area contributed by atoms with Gasteiger partial charge in [-0.2, -0.15) is 0 Å². The zero-order valence-electron chi connectivity index (χ0n) is 14.5. The fourth-order valence-electron chi connectivity index (χ4n) is 4.72. The van der Waals surface area contributed by atoms with E-state index in [4.69, 9.17) is 0 Å². The van der Waals surface area contributed by atoms with Crippen molar-refractivity contribution in [2.24, 2.45) is 22.7 Å². The summed E-state index contributed by atoms with van der Waals surface area (Å²) in [6, 6.07) is 0. The van der Waals surface area contributed by atoms with Crippen molar-refractivity contribution in [1.29, 1.82) is 0 Å². The first-order chi connectivity index (χ1) is 9.83. The molecule has 1 N–H and O–H groups in total. The van der Waals surface area contributed by atoms with Crippen molar-refractivity contribution in [3.8, 4) is 0 Å². The first-order valence-corrected chi connectivity index (χ1v) is 8.79. The van der Waals surface area contributed by atoms with Crippen molar-refractivity contribution in [3.63, 3.8) is 0 Å². The van der Waals surface area contributed by atoms with Crippen molar-refractivity contribution in [1.82, 2.24) is 0 Å². The van der Waals surface area contributed by atoms with Gasteiger partial charge in [-0.25, -0.2) is 0 Å². The Morgan fingerprint density at radius 2 is 2.14 bits per heavy atom. The van der Waals surface area contributed by atoms with Gasteiger partial charge in [-0.15, -0.1) is 6.58 Å². The molecule has 0 bridgehead atoms. The van der Waals surface area contributed by atoms with Gasteiger partial charge < -0.3 is 5.11 Å². The molecule has 1 nitrogen and oxygen atoms in total. The lowest BCUT2D eigenvalue weighted by Gasteiger charge is -2.53. The average Bonchev–Trinajstić information content (AvgIpc) is 2.43. The number of aliphatic hydroxyl groups is 1. The molecule has 0 radical (unpaired) electrons. The topological polar surface area (TPSA) is 20.2 Å². The maximum Gasteiger partial charge on any atom is 0.0493 e. The normalized spacial score (nSPS) is 39.6. The SMILES string of the molecule is C=C(C)CCC[C@]1(C)CCC[C@@H]2C1=CC[C@@H](C)[C@@]2(C)CO. The lowest BCUT2D eigenvalue weighted by molar-refractivity contribution is 0.00540. The van der Waals surface area contributed by atoms with E-state index in [-0.39, 0.29) is 5.41 Å². The van der Waals surface area contributed by atoms with E-state index in [9.17, 15) is 5.11 Å². The second-order valence-electron chi connectivity index (χ2n) is 8.28. The van der Waals surface area contributed by atoms with E-state index in [2.05, 4.69) is 40.3 Å². The van der Waals surface area contributed by atoms with Crippen LogP contribution in [0.5, 0.6) is 0 Å². The number of aliphatic hydroxyl groups excluding tert-OH is 1. The van der Waals surface area contributed by atoms with E-state index in [1.165, 1.54) is 37.7 Å². The first kappa shape index (κ1) is 16.8. The summed E-state index contributed by atoms with van der Waals surface area (Å²) in [4.78, 5) is 0. The van der Waals surface area contributed by atoms with Gasteiger partial charge in [-0.1, -0.05) is 44.4 Å². The molecule has 0 aromatic rings. The molecule has 4 atom stereocenters. The molecule has 0 aromatic carbocycles. The van der Waals surface area contributed by atoms with Crippen LogP contribution in [-0.4, -0.2) is 11.7 Å². The van der Waals surface area contributed by atoms with Crippen LogP contribution in [0.1, 0.15) is 72.6 Å². The standard InChI is InChI=1S/C20H34O/c1-15(2)8-6-12-19(4)13-7-9-18-17(19)11-10-16(3)20(18,5)14-21/h11,16,18,21H,1,6-10,12-14H2,2-5H3/t16-,18-,19-,20-/m1/s1. The van der Waals surface area contributed by atoms with Crippen LogP contribution in [0.25, 0.3) is 0 Å². The molecular weight excluding hydrogens is 256 g/mol. The van der Waals surface area contributed by atoms with Crippen molar-refractivity contribution < 1.29 is 5.11 Å². The van der Waals surface area contributed by atoms with Gasteiger partial charge in [0.2, 0.25) is 0 Å². The Bertz CT molecular complexity index is 422. The summed E-state index contributed by atoms with van der Waals surface area (Å²) in [6.07, 6.45) is 11.3. The van der Waals surface area contributed by atoms with E-state index in [0.29, 0.717) is 23.9 Å². The quantitative estimate of drug-likeness (QED) is 0.662. The van der Waals surface area contributed by atoms with Crippen LogP contribution in [0.3, 0.4) is 0 Å². The highest BCUT2D eigenvalue weighted by Crippen LogP contribution is 2.57. The smallest absolute Gasteiger partial charge is 0.0493 e. The van der Waals surface area contributed by atoms with Crippen LogP contribution in [0.15, 0.2) is 23.8 Å². The monoisotopic (exact) mass is 290 g/mol. The molecule has 0 aliphatic heterocycles. The van der Waals surface area contributed by atoms with Gasteiger partial charge in [0.15, 0.2) is 0 Å². The van der Waals surface area contributed by atoms with Gasteiger partial charge in [-0.05, 0) is 62.7 Å². The minimum Gasteiger partial charge on any atom is -0.396 e. The zero-order chi connectivity index (χ0) is 15.7. The van der Waals surface area contributed by atoms with E-state index in [1.807, 2.05) is 0 Å². The number of hydrogen-bond donors (Lipinski definition) is 1. The Balaban J connectivity index is 2.20. The Morgan fingerprint density at radius 3 is 2.76 bits per heavy atom. The van der Waals surface area contributed by atoms with E-state index in [0.717, 1.165) is 12.8 Å². The molecule has 0 aromatic heterocycles. The molecule has 1 fully saturated rings. The van der Waals surface area contributed by atoms with Crippen LogP contribution < -0.4 is 0 Å². The Morgan fingerprint density at radius 1 is 1.43 bits per heavy atom. The van der Waals surface area contributed by atoms with E-state index < -0.39 is 0 Å². The lowest BCUT2D eigenvalue weighted by Crippen LogP contribution is -2.46. The molecule has 1 saturated carbocycles. The highest BCUT2D eigenvalue weighted by molar-refractivity contribution is 5.26. The zero-order valence-corrected chi connectivity index (χ0v) is 14.5. The van der Waals surface area contributed by atoms with Crippen LogP contribution in [0.2, 0.25) is 0 Å². The number of hydrogen-bond acceptors (Lipinski definition) is 1. The summed E-state index contributed by atoms with van der Waals surface area (Å²) in [6.45, 7) is 13.6. The molecule has 0 unspecified atom stereocenters. The van der Waals surface area contributed by atoms with Crippen LogP contribution in [0.4, 0.5) is 0 Å². The number of allylic oxidation sites excluding steroid dienone is 3. The Labute approximate surface area is 131 Å². The van der Waals surface area contributed by atoms with Gasteiger partial charge in [-0.3, -0.25) is 0 Å². The van der Waals surface area contributed by atoms with E-state index >= 15 is 0 Å². The highest BCUT2D eigenvalue weighted by Gasteiger charge is 2.48. The summed E-state index contributed by atoms with van der Waals surface area (Å²) >= 11 is 0. The largest absolute Gasteiger partial charge is 0.396 e. The van der Waals surface area contributed by atoms with Gasteiger partial charge in [0, 0.05) is 12.0 Å². The third kappa shape index (κ3) is 3.13. The molecule has 0 amide bonds. The van der Waals surface area contributed by atoms with Gasteiger partial charge in [0.05, 0.1) is 0 Å². The predicted octanol–water partition coefficient (Wildman–Crippen LogP) is 5.50. The van der Waals surface area contributed by atoms with Crippen molar-refractivity contribution in [2.75, 3.05) is 6.61 Å². The van der Waals surface area contributed by atoms with Crippen LogP contribution >= 0.6 is 0 Å². The molecule has 120 valence electrons. The van der Waals surface area contributed by atoms with Gasteiger partial charge in [0.25, 0.3) is 0 Å². The lowest BCUT2D eigenvalue weighted by atomic mass is 9.52. The highest BCUT2D eigenvalue weighted by atomic mass is 16.3. The third-order valence-electron chi connectivity index (χ3n) is 6.58. The minimum absolute atomic E-state index is 0.0834. The fraction of sp³-hybridized carbons (Fsp3) is 0.800. The van der Waals surface area contributed by atoms with Gasteiger partial charge in [0.1, 0.15) is 0 Å². The summed E-state index contributed by atoms with van der Waals surface area (Å²) in [7, 11) is 0. The second kappa shape index (κ2) is 6.28. The molecule has 2 rings (SSSR count). The Hall–Kier alpha value is -0.560. The fourth-order valence-corrected chi connectivity index (χ4v) is 4.72. The molecule has 2 aliphatic rings. The molecule has 0 saturated heterocycles. The Kier molecular flexibility index (Phi) is 5.03. The summed E-state index contributed by atoms with van der Waals surface area (Å²) in [5, 5.41) is 10.0. The third-order valence-corrected chi connectivity index (χ3v) is 6.58. The molecule has 0 heterocycles. The first-order valence-electron chi connectivity index (χ1n) is 8.79. The maximum atomic E-state index is 10.0. The average molecular weight is 290 g/mol. The summed E-state index contributed by atoms with van der Waals surface area (Å²) in [5.41, 5.74) is 3.41. The molecule has 2 aliphatic carbocycles. The number of fused-ring (bicyclic) bond motifs is 1. The maximum absolute atomic E-state index is 10.0. The van der Waals surface area contributed by atoms with Crippen molar-refractivity contribution >= 4 is 0 Å².